The van der Waals surface area contributed by atoms with Crippen molar-refractivity contribution >= 4 is 6.47 Å². The molecule has 0 aliphatic heterocycles. The van der Waals surface area contributed by atoms with Crippen molar-refractivity contribution in [3.05, 3.63) is 12.2 Å². The van der Waals surface area contributed by atoms with Gasteiger partial charge in [-0.3, -0.25) is 4.79 Å². The lowest BCUT2D eigenvalue weighted by atomic mass is 9.78. The Kier molecular flexibility index (Phi) is 3.52. The largest absolute Gasteiger partial charge is 0.464 e. The summed E-state index contributed by atoms with van der Waals surface area (Å²) < 4.78 is 5.09. The Morgan fingerprint density at radius 1 is 1.54 bits per heavy atom. The van der Waals surface area contributed by atoms with Crippen LogP contribution in [-0.2, 0) is 9.53 Å². The maximum Gasteiger partial charge on any atom is 0.293 e. The lowest BCUT2D eigenvalue weighted by Crippen LogP contribution is -2.31. The topological polar surface area (TPSA) is 26.3 Å². The molecule has 0 aromatic heterocycles. The molecule has 0 radical (unpaired) electrons. The van der Waals surface area contributed by atoms with E-state index in [1.54, 1.807) is 0 Å². The van der Waals surface area contributed by atoms with Crippen molar-refractivity contribution in [2.24, 2.45) is 11.8 Å². The summed E-state index contributed by atoms with van der Waals surface area (Å²) in [6.45, 7) is 8.73. The Balaban J connectivity index is 2.59. The second-order valence-electron chi connectivity index (χ2n) is 4.14. The van der Waals surface area contributed by atoms with Gasteiger partial charge in [-0.2, -0.15) is 0 Å². The van der Waals surface area contributed by atoms with E-state index in [0.29, 0.717) is 18.3 Å². The monoisotopic (exact) mass is 182 g/mol. The summed E-state index contributed by atoms with van der Waals surface area (Å²) in [5.41, 5.74) is 1.14. The highest BCUT2D eigenvalue weighted by atomic mass is 16.5. The highest BCUT2D eigenvalue weighted by molar-refractivity contribution is 5.37. The first-order valence-electron chi connectivity index (χ1n) is 4.89. The fourth-order valence-corrected chi connectivity index (χ4v) is 2.11. The average Bonchev–Trinajstić information content (AvgIpc) is 2.04. The quantitative estimate of drug-likeness (QED) is 0.495. The highest BCUT2D eigenvalue weighted by Crippen LogP contribution is 2.34. The van der Waals surface area contributed by atoms with Crippen LogP contribution in [0.2, 0.25) is 0 Å². The molecule has 0 bridgehead atoms. The number of ether oxygens (including phenoxy) is 1. The molecule has 0 aromatic carbocycles. The molecule has 74 valence electrons. The number of rotatable bonds is 3. The highest BCUT2D eigenvalue weighted by Gasteiger charge is 2.30. The van der Waals surface area contributed by atoms with E-state index in [-0.39, 0.29) is 6.10 Å². The lowest BCUT2D eigenvalue weighted by Gasteiger charge is -2.33. The second-order valence-corrected chi connectivity index (χ2v) is 4.14. The molecule has 1 aliphatic carbocycles. The van der Waals surface area contributed by atoms with Gasteiger partial charge in [-0.25, -0.2) is 0 Å². The maximum atomic E-state index is 10.3. The van der Waals surface area contributed by atoms with Crippen LogP contribution in [0.15, 0.2) is 12.2 Å². The molecule has 0 aromatic rings. The Hall–Kier alpha value is -0.790. The van der Waals surface area contributed by atoms with Gasteiger partial charge < -0.3 is 4.74 Å². The first-order valence-corrected chi connectivity index (χ1v) is 4.89. The Morgan fingerprint density at radius 3 is 2.77 bits per heavy atom. The van der Waals surface area contributed by atoms with Crippen LogP contribution in [0, 0.1) is 11.8 Å². The molecule has 1 fully saturated rings. The van der Waals surface area contributed by atoms with Gasteiger partial charge in [-0.15, -0.1) is 0 Å². The zero-order valence-corrected chi connectivity index (χ0v) is 8.45. The Bertz CT molecular complexity index is 198. The van der Waals surface area contributed by atoms with Gasteiger partial charge in [0.1, 0.15) is 6.10 Å². The Morgan fingerprint density at radius 2 is 2.23 bits per heavy atom. The number of hydrogen-bond acceptors (Lipinski definition) is 2. The van der Waals surface area contributed by atoms with E-state index in [4.69, 9.17) is 4.74 Å². The lowest BCUT2D eigenvalue weighted by molar-refractivity contribution is -0.137. The fourth-order valence-electron chi connectivity index (χ4n) is 2.11. The van der Waals surface area contributed by atoms with Gasteiger partial charge in [0.05, 0.1) is 0 Å². The smallest absolute Gasteiger partial charge is 0.293 e. The van der Waals surface area contributed by atoms with Gasteiger partial charge in [-0.1, -0.05) is 19.1 Å². The predicted octanol–water partition coefficient (Wildman–Crippen LogP) is 2.54. The predicted molar refractivity (Wildman–Crippen MR) is 52.3 cm³/mol. The van der Waals surface area contributed by atoms with Gasteiger partial charge >= 0.3 is 0 Å². The van der Waals surface area contributed by atoms with Crippen molar-refractivity contribution in [3.8, 4) is 0 Å². The standard InChI is InChI=1S/C11H18O2/c1-8(2)10-5-4-9(3)6-11(10)13-7-12/h7,9-11H,1,4-6H2,2-3H3/t9-,10-,11+/m1/s1. The molecule has 3 atom stereocenters. The fraction of sp³-hybridized carbons (Fsp3) is 0.727. The minimum Gasteiger partial charge on any atom is -0.464 e. The zero-order valence-electron chi connectivity index (χ0n) is 8.45. The molecule has 1 aliphatic rings. The summed E-state index contributed by atoms with van der Waals surface area (Å²) in [6.07, 6.45) is 3.38. The van der Waals surface area contributed by atoms with Gasteiger partial charge in [0.2, 0.25) is 0 Å². The molecule has 2 nitrogen and oxygen atoms in total. The number of carbonyl (C=O) groups excluding carboxylic acids is 1. The van der Waals surface area contributed by atoms with Crippen molar-refractivity contribution in [3.63, 3.8) is 0 Å². The minimum absolute atomic E-state index is 0.0683. The molecule has 0 N–H and O–H groups in total. The van der Waals surface area contributed by atoms with Crippen LogP contribution in [0.25, 0.3) is 0 Å². The molecular weight excluding hydrogens is 164 g/mol. The van der Waals surface area contributed by atoms with Crippen LogP contribution in [0.1, 0.15) is 33.1 Å². The van der Waals surface area contributed by atoms with Crippen molar-refractivity contribution < 1.29 is 9.53 Å². The van der Waals surface area contributed by atoms with E-state index >= 15 is 0 Å². The summed E-state index contributed by atoms with van der Waals surface area (Å²) in [5, 5.41) is 0. The molecule has 2 heteroatoms. The normalized spacial score (nSPS) is 33.8. The minimum atomic E-state index is 0.0683. The zero-order chi connectivity index (χ0) is 9.84. The van der Waals surface area contributed by atoms with Crippen molar-refractivity contribution in [1.29, 1.82) is 0 Å². The third kappa shape index (κ3) is 2.58. The van der Waals surface area contributed by atoms with Crippen molar-refractivity contribution in [2.45, 2.75) is 39.2 Å². The first kappa shape index (κ1) is 10.3. The van der Waals surface area contributed by atoms with E-state index in [2.05, 4.69) is 13.5 Å². The number of hydrogen-bond donors (Lipinski definition) is 0. The van der Waals surface area contributed by atoms with E-state index in [0.717, 1.165) is 18.4 Å². The molecule has 0 saturated heterocycles. The van der Waals surface area contributed by atoms with Crippen LogP contribution in [0.4, 0.5) is 0 Å². The van der Waals surface area contributed by atoms with Crippen LogP contribution >= 0.6 is 0 Å². The summed E-state index contributed by atoms with van der Waals surface area (Å²) in [7, 11) is 0. The van der Waals surface area contributed by atoms with Gasteiger partial charge in [0.15, 0.2) is 0 Å². The van der Waals surface area contributed by atoms with Gasteiger partial charge in [0, 0.05) is 5.92 Å². The van der Waals surface area contributed by atoms with Crippen LogP contribution in [-0.4, -0.2) is 12.6 Å². The third-order valence-corrected chi connectivity index (χ3v) is 2.92. The molecule has 13 heavy (non-hydrogen) atoms. The molecule has 0 heterocycles. The summed E-state index contributed by atoms with van der Waals surface area (Å²) >= 11 is 0. The summed E-state index contributed by atoms with van der Waals surface area (Å²) in [5.74, 6) is 1.04. The summed E-state index contributed by atoms with van der Waals surface area (Å²) in [6, 6.07) is 0. The van der Waals surface area contributed by atoms with Gasteiger partial charge in [0.25, 0.3) is 6.47 Å². The molecule has 0 unspecified atom stereocenters. The van der Waals surface area contributed by atoms with Crippen LogP contribution in [0.3, 0.4) is 0 Å². The average molecular weight is 182 g/mol. The van der Waals surface area contributed by atoms with E-state index in [9.17, 15) is 4.79 Å². The van der Waals surface area contributed by atoms with Crippen LogP contribution < -0.4 is 0 Å². The van der Waals surface area contributed by atoms with E-state index in [1.165, 1.54) is 6.42 Å². The van der Waals surface area contributed by atoms with Crippen molar-refractivity contribution in [2.75, 3.05) is 0 Å². The van der Waals surface area contributed by atoms with Crippen molar-refractivity contribution in [1.82, 2.24) is 0 Å². The second kappa shape index (κ2) is 4.45. The third-order valence-electron chi connectivity index (χ3n) is 2.92. The first-order chi connectivity index (χ1) is 6.15. The maximum absolute atomic E-state index is 10.3. The van der Waals surface area contributed by atoms with E-state index < -0.39 is 0 Å². The van der Waals surface area contributed by atoms with Gasteiger partial charge in [-0.05, 0) is 32.1 Å². The molecule has 0 spiro atoms. The number of carbonyl (C=O) groups is 1. The SMILES string of the molecule is C=C(C)[C@H]1CC[C@@H](C)C[C@@H]1OC=O. The summed E-state index contributed by atoms with van der Waals surface area (Å²) in [4.78, 5) is 10.3. The molecular formula is C11H18O2. The van der Waals surface area contributed by atoms with E-state index in [1.807, 2.05) is 6.92 Å². The molecule has 1 rings (SSSR count). The molecule has 1 saturated carbocycles. The molecule has 0 amide bonds. The Labute approximate surface area is 80.0 Å². The van der Waals surface area contributed by atoms with Crippen LogP contribution in [0.5, 0.6) is 0 Å².